The lowest BCUT2D eigenvalue weighted by molar-refractivity contribution is -0.141. The van der Waals surface area contributed by atoms with Gasteiger partial charge in [0.15, 0.2) is 5.69 Å². The van der Waals surface area contributed by atoms with E-state index in [1.54, 1.807) is 13.8 Å². The standard InChI is InChI=1S/C15H16F4N4O/c1-8-5-10(16)3-4-11(8)21-13-6-12(15(17,18)19)22-14(23-13)20-9(2)7-24/h3-6,9,24H,7H2,1-2H3,(H2,20,21,22,23)/t9-/m0/s1. The van der Waals surface area contributed by atoms with Gasteiger partial charge in [0.25, 0.3) is 0 Å². The Hall–Kier alpha value is -2.42. The molecule has 0 aliphatic rings. The summed E-state index contributed by atoms with van der Waals surface area (Å²) in [6.45, 7) is 2.89. The van der Waals surface area contributed by atoms with Crippen LogP contribution < -0.4 is 10.6 Å². The highest BCUT2D eigenvalue weighted by atomic mass is 19.4. The molecule has 3 N–H and O–H groups in total. The van der Waals surface area contributed by atoms with Gasteiger partial charge in [-0.15, -0.1) is 0 Å². The first-order chi connectivity index (χ1) is 11.2. The second-order valence-electron chi connectivity index (χ2n) is 5.27. The average molecular weight is 344 g/mol. The van der Waals surface area contributed by atoms with Crippen molar-refractivity contribution in [1.29, 1.82) is 0 Å². The van der Waals surface area contributed by atoms with Crippen LogP contribution in [0.2, 0.25) is 0 Å². The van der Waals surface area contributed by atoms with Gasteiger partial charge in [0, 0.05) is 17.8 Å². The number of benzene rings is 1. The van der Waals surface area contributed by atoms with Crippen molar-refractivity contribution in [3.8, 4) is 0 Å². The molecule has 2 aromatic rings. The highest BCUT2D eigenvalue weighted by molar-refractivity contribution is 5.61. The Kier molecular flexibility index (Phi) is 5.23. The number of aliphatic hydroxyl groups is 1. The molecular weight excluding hydrogens is 328 g/mol. The summed E-state index contributed by atoms with van der Waals surface area (Å²) in [5, 5.41) is 14.3. The van der Waals surface area contributed by atoms with Gasteiger partial charge in [-0.05, 0) is 37.6 Å². The molecule has 0 saturated carbocycles. The van der Waals surface area contributed by atoms with Crippen molar-refractivity contribution >= 4 is 17.5 Å². The zero-order chi connectivity index (χ0) is 17.9. The smallest absolute Gasteiger partial charge is 0.394 e. The summed E-state index contributed by atoms with van der Waals surface area (Å²) in [5.41, 5.74) is -0.197. The topological polar surface area (TPSA) is 70.1 Å². The Morgan fingerprint density at radius 1 is 1.21 bits per heavy atom. The van der Waals surface area contributed by atoms with Crippen LogP contribution in [0.1, 0.15) is 18.2 Å². The maximum atomic E-state index is 13.1. The molecule has 1 aromatic carbocycles. The van der Waals surface area contributed by atoms with Gasteiger partial charge in [-0.3, -0.25) is 0 Å². The number of nitrogens with one attached hydrogen (secondary N) is 2. The number of aliphatic hydroxyl groups excluding tert-OH is 1. The molecule has 0 radical (unpaired) electrons. The number of nitrogens with zero attached hydrogens (tertiary/aromatic N) is 2. The first kappa shape index (κ1) is 17.9. The normalized spacial score (nSPS) is 12.8. The van der Waals surface area contributed by atoms with Crippen molar-refractivity contribution in [2.45, 2.75) is 26.1 Å². The summed E-state index contributed by atoms with van der Waals surface area (Å²) in [4.78, 5) is 7.37. The summed E-state index contributed by atoms with van der Waals surface area (Å²) in [6, 6.07) is 4.09. The van der Waals surface area contributed by atoms with Gasteiger partial charge in [-0.1, -0.05) is 0 Å². The molecule has 0 fully saturated rings. The van der Waals surface area contributed by atoms with Crippen LogP contribution in [0.25, 0.3) is 0 Å². The maximum Gasteiger partial charge on any atom is 0.433 e. The molecule has 5 nitrogen and oxygen atoms in total. The van der Waals surface area contributed by atoms with Crippen molar-refractivity contribution < 1.29 is 22.7 Å². The minimum Gasteiger partial charge on any atom is -0.394 e. The van der Waals surface area contributed by atoms with E-state index < -0.39 is 23.7 Å². The van der Waals surface area contributed by atoms with Crippen LogP contribution in [-0.2, 0) is 6.18 Å². The van der Waals surface area contributed by atoms with Gasteiger partial charge in [-0.2, -0.15) is 18.2 Å². The fourth-order valence-electron chi connectivity index (χ4n) is 1.89. The number of hydrogen-bond acceptors (Lipinski definition) is 5. The van der Waals surface area contributed by atoms with Crippen molar-refractivity contribution in [2.24, 2.45) is 0 Å². The van der Waals surface area contributed by atoms with E-state index in [1.807, 2.05) is 0 Å². The van der Waals surface area contributed by atoms with E-state index in [0.29, 0.717) is 11.3 Å². The molecule has 130 valence electrons. The number of aromatic nitrogens is 2. The first-order valence-electron chi connectivity index (χ1n) is 7.06. The highest BCUT2D eigenvalue weighted by Crippen LogP contribution is 2.31. The molecule has 1 atom stereocenters. The van der Waals surface area contributed by atoms with Crippen LogP contribution in [0.4, 0.5) is 35.0 Å². The summed E-state index contributed by atoms with van der Waals surface area (Å²) < 4.78 is 52.1. The lowest BCUT2D eigenvalue weighted by Crippen LogP contribution is -2.22. The van der Waals surface area contributed by atoms with Crippen molar-refractivity contribution in [2.75, 3.05) is 17.2 Å². The first-order valence-corrected chi connectivity index (χ1v) is 7.06. The number of aryl methyl sites for hydroxylation is 1. The van der Waals surface area contributed by atoms with E-state index in [0.717, 1.165) is 6.07 Å². The van der Waals surface area contributed by atoms with Crippen LogP contribution in [0.15, 0.2) is 24.3 Å². The summed E-state index contributed by atoms with van der Waals surface area (Å²) in [7, 11) is 0. The van der Waals surface area contributed by atoms with Gasteiger partial charge < -0.3 is 15.7 Å². The maximum absolute atomic E-state index is 13.1. The molecule has 9 heteroatoms. The number of rotatable bonds is 5. The van der Waals surface area contributed by atoms with Crippen molar-refractivity contribution in [3.05, 3.63) is 41.3 Å². The summed E-state index contributed by atoms with van der Waals surface area (Å²) in [5.74, 6) is -0.816. The van der Waals surface area contributed by atoms with Crippen LogP contribution in [0.5, 0.6) is 0 Å². The van der Waals surface area contributed by atoms with Gasteiger partial charge in [0.1, 0.15) is 11.6 Å². The van der Waals surface area contributed by atoms with Crippen LogP contribution in [-0.4, -0.2) is 27.7 Å². The molecular formula is C15H16F4N4O. The lowest BCUT2D eigenvalue weighted by Gasteiger charge is -2.15. The fraction of sp³-hybridized carbons (Fsp3) is 0.333. The molecule has 0 saturated heterocycles. The van der Waals surface area contributed by atoms with Crippen molar-refractivity contribution in [3.63, 3.8) is 0 Å². The third-order valence-electron chi connectivity index (χ3n) is 3.12. The molecule has 0 aliphatic carbocycles. The summed E-state index contributed by atoms with van der Waals surface area (Å²) >= 11 is 0. The third kappa shape index (κ3) is 4.54. The lowest BCUT2D eigenvalue weighted by atomic mass is 10.2. The molecule has 0 spiro atoms. The SMILES string of the molecule is Cc1cc(F)ccc1Nc1cc(C(F)(F)F)nc(N[C@@H](C)CO)n1. The number of hydrogen-bond donors (Lipinski definition) is 3. The van der Waals surface area contributed by atoms with E-state index in [9.17, 15) is 17.6 Å². The fourth-order valence-corrected chi connectivity index (χ4v) is 1.89. The van der Waals surface area contributed by atoms with Gasteiger partial charge >= 0.3 is 6.18 Å². The van der Waals surface area contributed by atoms with Gasteiger partial charge in [0.05, 0.1) is 6.61 Å². The number of halogens is 4. The second-order valence-corrected chi connectivity index (χ2v) is 5.27. The Morgan fingerprint density at radius 2 is 1.92 bits per heavy atom. The third-order valence-corrected chi connectivity index (χ3v) is 3.12. The molecule has 0 unspecified atom stereocenters. The molecule has 24 heavy (non-hydrogen) atoms. The van der Waals surface area contributed by atoms with E-state index in [1.165, 1.54) is 18.2 Å². The zero-order valence-corrected chi connectivity index (χ0v) is 12.9. The Bertz CT molecular complexity index is 721. The molecule has 0 aliphatic heterocycles. The Labute approximate surface area is 135 Å². The predicted molar refractivity (Wildman–Crippen MR) is 81.6 cm³/mol. The van der Waals surface area contributed by atoms with Crippen LogP contribution >= 0.6 is 0 Å². The minimum atomic E-state index is -4.66. The average Bonchev–Trinajstić information content (AvgIpc) is 2.49. The van der Waals surface area contributed by atoms with E-state index in [4.69, 9.17) is 5.11 Å². The monoisotopic (exact) mass is 344 g/mol. The molecule has 2 rings (SSSR count). The minimum absolute atomic E-state index is 0.0975. The van der Waals surface area contributed by atoms with Gasteiger partial charge in [-0.25, -0.2) is 9.37 Å². The number of anilines is 3. The second kappa shape index (κ2) is 7.00. The molecule has 1 aromatic heterocycles. The van der Waals surface area contributed by atoms with E-state index in [-0.39, 0.29) is 18.4 Å². The molecule has 1 heterocycles. The molecule has 0 bridgehead atoms. The summed E-state index contributed by atoms with van der Waals surface area (Å²) in [6.07, 6.45) is -4.66. The van der Waals surface area contributed by atoms with E-state index in [2.05, 4.69) is 20.6 Å². The van der Waals surface area contributed by atoms with Crippen LogP contribution in [0, 0.1) is 12.7 Å². The quantitative estimate of drug-likeness (QED) is 0.725. The Balaban J connectivity index is 2.38. The predicted octanol–water partition coefficient (Wildman–Crippen LogP) is 3.48. The largest absolute Gasteiger partial charge is 0.433 e. The van der Waals surface area contributed by atoms with Crippen molar-refractivity contribution in [1.82, 2.24) is 9.97 Å². The Morgan fingerprint density at radius 3 is 2.50 bits per heavy atom. The van der Waals surface area contributed by atoms with Crippen LogP contribution in [0.3, 0.4) is 0 Å². The highest BCUT2D eigenvalue weighted by Gasteiger charge is 2.34. The van der Waals surface area contributed by atoms with Gasteiger partial charge in [0.2, 0.25) is 5.95 Å². The van der Waals surface area contributed by atoms with E-state index >= 15 is 0 Å². The number of alkyl halides is 3. The molecule has 0 amide bonds. The zero-order valence-electron chi connectivity index (χ0n) is 12.9.